The van der Waals surface area contributed by atoms with Gasteiger partial charge in [0.2, 0.25) is 0 Å². The van der Waals surface area contributed by atoms with Crippen molar-refractivity contribution in [1.82, 2.24) is 19.8 Å². The fraction of sp³-hybridized carbons (Fsp3) is 0.429. The fourth-order valence-corrected chi connectivity index (χ4v) is 2.58. The Labute approximate surface area is 116 Å². The Balaban J connectivity index is 1.86. The first-order valence-electron chi connectivity index (χ1n) is 6.78. The lowest BCUT2D eigenvalue weighted by Gasteiger charge is -2.32. The summed E-state index contributed by atoms with van der Waals surface area (Å²) in [5, 5.41) is 0.520. The minimum absolute atomic E-state index is 0.338. The van der Waals surface area contributed by atoms with Crippen LogP contribution in [0.25, 0.3) is 10.9 Å². The first-order valence-corrected chi connectivity index (χ1v) is 6.78. The van der Waals surface area contributed by atoms with E-state index in [9.17, 15) is 9.59 Å². The Morgan fingerprint density at radius 3 is 2.60 bits per heavy atom. The minimum Gasteiger partial charge on any atom is -0.307 e. The Morgan fingerprint density at radius 1 is 1.10 bits per heavy atom. The van der Waals surface area contributed by atoms with Crippen molar-refractivity contribution in [3.8, 4) is 0 Å². The molecule has 1 aromatic heterocycles. The molecule has 2 N–H and O–H groups in total. The summed E-state index contributed by atoms with van der Waals surface area (Å²) in [5.74, 6) is 0. The van der Waals surface area contributed by atoms with E-state index in [-0.39, 0.29) is 5.56 Å². The zero-order chi connectivity index (χ0) is 14.1. The van der Waals surface area contributed by atoms with E-state index >= 15 is 0 Å². The topological polar surface area (TPSA) is 72.2 Å². The van der Waals surface area contributed by atoms with Gasteiger partial charge in [0.25, 0.3) is 5.56 Å². The van der Waals surface area contributed by atoms with E-state index in [0.29, 0.717) is 10.9 Å². The maximum absolute atomic E-state index is 11.6. The highest BCUT2D eigenvalue weighted by molar-refractivity contribution is 5.77. The second kappa shape index (κ2) is 5.22. The van der Waals surface area contributed by atoms with Crippen LogP contribution >= 0.6 is 0 Å². The minimum atomic E-state index is -0.459. The zero-order valence-electron chi connectivity index (χ0n) is 11.5. The molecule has 0 spiro atoms. The van der Waals surface area contributed by atoms with E-state index in [1.54, 1.807) is 6.07 Å². The average Bonchev–Trinajstić information content (AvgIpc) is 2.41. The molecule has 3 rings (SSSR count). The van der Waals surface area contributed by atoms with Crippen LogP contribution in [0.2, 0.25) is 0 Å². The van der Waals surface area contributed by atoms with Crippen molar-refractivity contribution >= 4 is 10.9 Å². The van der Waals surface area contributed by atoms with Crippen molar-refractivity contribution in [1.29, 1.82) is 0 Å². The second-order valence-electron chi connectivity index (χ2n) is 5.37. The number of hydrogen-bond acceptors (Lipinski definition) is 4. The van der Waals surface area contributed by atoms with Gasteiger partial charge >= 0.3 is 5.69 Å². The van der Waals surface area contributed by atoms with Crippen LogP contribution in [-0.2, 0) is 6.54 Å². The Hall–Kier alpha value is -1.92. The monoisotopic (exact) mass is 274 g/mol. The SMILES string of the molecule is CN1CCN(Cc2ccc3c(=O)[nH]c(=O)[nH]c3c2)CC1. The number of benzene rings is 1. The maximum Gasteiger partial charge on any atom is 0.326 e. The van der Waals surface area contributed by atoms with Crippen LogP contribution in [0.1, 0.15) is 5.56 Å². The quantitative estimate of drug-likeness (QED) is 0.806. The molecule has 1 aromatic carbocycles. The standard InChI is InChI=1S/C14H18N4O2/c1-17-4-6-18(7-5-17)9-10-2-3-11-12(8-10)15-14(20)16-13(11)19/h2-3,8H,4-7,9H2,1H3,(H2,15,16,19,20). The van der Waals surface area contributed by atoms with Gasteiger partial charge < -0.3 is 9.88 Å². The van der Waals surface area contributed by atoms with Crippen LogP contribution in [0, 0.1) is 0 Å². The van der Waals surface area contributed by atoms with E-state index in [2.05, 4.69) is 26.8 Å². The number of piperazine rings is 1. The summed E-state index contributed by atoms with van der Waals surface area (Å²) in [6, 6.07) is 5.62. The Kier molecular flexibility index (Phi) is 3.42. The summed E-state index contributed by atoms with van der Waals surface area (Å²) in [5.41, 5.74) is 0.919. The predicted molar refractivity (Wildman–Crippen MR) is 78.0 cm³/mol. The number of H-pyrrole nitrogens is 2. The number of likely N-dealkylation sites (N-methyl/N-ethyl adjacent to an activating group) is 1. The van der Waals surface area contributed by atoms with Gasteiger partial charge in [-0.05, 0) is 24.7 Å². The molecular weight excluding hydrogens is 256 g/mol. The predicted octanol–water partition coefficient (Wildman–Crippen LogP) is -0.0362. The first kappa shape index (κ1) is 13.1. The molecule has 2 heterocycles. The molecule has 1 aliphatic heterocycles. The fourth-order valence-electron chi connectivity index (χ4n) is 2.58. The molecule has 0 saturated carbocycles. The third-order valence-electron chi connectivity index (χ3n) is 3.81. The lowest BCUT2D eigenvalue weighted by Crippen LogP contribution is -2.43. The van der Waals surface area contributed by atoms with Crippen molar-refractivity contribution < 1.29 is 0 Å². The van der Waals surface area contributed by atoms with Gasteiger partial charge in [0.05, 0.1) is 10.9 Å². The van der Waals surface area contributed by atoms with Crippen LogP contribution in [0.3, 0.4) is 0 Å². The molecule has 1 saturated heterocycles. The third-order valence-corrected chi connectivity index (χ3v) is 3.81. The van der Waals surface area contributed by atoms with Crippen LogP contribution in [-0.4, -0.2) is 53.0 Å². The van der Waals surface area contributed by atoms with Gasteiger partial charge in [0, 0.05) is 32.7 Å². The highest BCUT2D eigenvalue weighted by Crippen LogP contribution is 2.12. The first-order chi connectivity index (χ1) is 9.61. The molecule has 2 aromatic rings. The molecule has 0 unspecified atom stereocenters. The van der Waals surface area contributed by atoms with E-state index in [0.717, 1.165) is 38.3 Å². The molecule has 20 heavy (non-hydrogen) atoms. The average molecular weight is 274 g/mol. The van der Waals surface area contributed by atoms with E-state index in [1.165, 1.54) is 0 Å². The van der Waals surface area contributed by atoms with Crippen molar-refractivity contribution in [2.75, 3.05) is 33.2 Å². The highest BCUT2D eigenvalue weighted by atomic mass is 16.2. The van der Waals surface area contributed by atoms with Crippen molar-refractivity contribution in [2.24, 2.45) is 0 Å². The molecule has 106 valence electrons. The van der Waals surface area contributed by atoms with E-state index in [1.807, 2.05) is 12.1 Å². The van der Waals surface area contributed by atoms with Crippen molar-refractivity contribution in [2.45, 2.75) is 6.54 Å². The molecule has 1 aliphatic rings. The van der Waals surface area contributed by atoms with Crippen LogP contribution < -0.4 is 11.2 Å². The summed E-state index contributed by atoms with van der Waals surface area (Å²) >= 11 is 0. The number of nitrogens with zero attached hydrogens (tertiary/aromatic N) is 2. The van der Waals surface area contributed by atoms with Gasteiger partial charge in [-0.2, -0.15) is 0 Å². The molecule has 6 nitrogen and oxygen atoms in total. The van der Waals surface area contributed by atoms with Crippen LogP contribution in [0.5, 0.6) is 0 Å². The summed E-state index contributed by atoms with van der Waals surface area (Å²) in [6.45, 7) is 5.08. The molecular formula is C14H18N4O2. The molecule has 0 aliphatic carbocycles. The Morgan fingerprint density at radius 2 is 1.85 bits per heavy atom. The van der Waals surface area contributed by atoms with Gasteiger partial charge in [-0.1, -0.05) is 6.07 Å². The molecule has 0 atom stereocenters. The number of nitrogens with one attached hydrogen (secondary N) is 2. The van der Waals surface area contributed by atoms with Crippen LogP contribution in [0.15, 0.2) is 27.8 Å². The molecule has 1 fully saturated rings. The maximum atomic E-state index is 11.6. The summed E-state index contributed by atoms with van der Waals surface area (Å²) in [4.78, 5) is 32.6. The molecule has 6 heteroatoms. The molecule has 0 bridgehead atoms. The van der Waals surface area contributed by atoms with Gasteiger partial charge in [0.1, 0.15) is 0 Å². The van der Waals surface area contributed by atoms with Gasteiger partial charge in [-0.15, -0.1) is 0 Å². The number of hydrogen-bond donors (Lipinski definition) is 2. The number of aromatic amines is 2. The lowest BCUT2D eigenvalue weighted by atomic mass is 10.1. The summed E-state index contributed by atoms with van der Waals surface area (Å²) in [6.07, 6.45) is 0. The highest BCUT2D eigenvalue weighted by Gasteiger charge is 2.14. The van der Waals surface area contributed by atoms with Gasteiger partial charge in [-0.25, -0.2) is 4.79 Å². The second-order valence-corrected chi connectivity index (χ2v) is 5.37. The number of fused-ring (bicyclic) bond motifs is 1. The van der Waals surface area contributed by atoms with Gasteiger partial charge in [0.15, 0.2) is 0 Å². The Bertz CT molecular complexity index is 726. The lowest BCUT2D eigenvalue weighted by molar-refractivity contribution is 0.148. The number of rotatable bonds is 2. The van der Waals surface area contributed by atoms with Crippen LogP contribution in [0.4, 0.5) is 0 Å². The summed E-state index contributed by atoms with van der Waals surface area (Å²) in [7, 11) is 2.13. The van der Waals surface area contributed by atoms with E-state index < -0.39 is 5.69 Å². The van der Waals surface area contributed by atoms with Gasteiger partial charge in [-0.3, -0.25) is 14.7 Å². The van der Waals surface area contributed by atoms with E-state index in [4.69, 9.17) is 0 Å². The number of aromatic nitrogens is 2. The smallest absolute Gasteiger partial charge is 0.307 e. The third kappa shape index (κ3) is 2.66. The molecule has 0 amide bonds. The van der Waals surface area contributed by atoms with Crippen molar-refractivity contribution in [3.05, 3.63) is 44.6 Å². The van der Waals surface area contributed by atoms with Crippen molar-refractivity contribution in [3.63, 3.8) is 0 Å². The molecule has 0 radical (unpaired) electrons. The largest absolute Gasteiger partial charge is 0.326 e. The summed E-state index contributed by atoms with van der Waals surface area (Å²) < 4.78 is 0. The zero-order valence-corrected chi connectivity index (χ0v) is 11.5. The normalized spacial score (nSPS) is 17.6.